The molecule has 0 radical (unpaired) electrons. The summed E-state index contributed by atoms with van der Waals surface area (Å²) < 4.78 is 29.5. The number of aromatic nitrogens is 2. The highest BCUT2D eigenvalue weighted by atomic mass is 32.2. The number of sulfonamides is 1. The van der Waals surface area contributed by atoms with Crippen LogP contribution in [0.4, 0.5) is 5.69 Å². The quantitative estimate of drug-likeness (QED) is 0.662. The lowest BCUT2D eigenvalue weighted by Gasteiger charge is -2.35. The molecular formula is C22H26N4O2S. The fourth-order valence-corrected chi connectivity index (χ4v) is 5.35. The minimum absolute atomic E-state index is 0.362. The third-order valence-electron chi connectivity index (χ3n) is 5.47. The number of piperazine rings is 1. The maximum atomic E-state index is 13.0. The summed E-state index contributed by atoms with van der Waals surface area (Å²) in [6.45, 7) is 8.25. The number of nitrogens with zero attached hydrogens (tertiary/aromatic N) is 4. The molecule has 7 heteroatoms. The Hall–Kier alpha value is -2.64. The van der Waals surface area contributed by atoms with E-state index in [1.807, 2.05) is 61.0 Å². The number of anilines is 1. The molecule has 0 amide bonds. The topological polar surface area (TPSA) is 58.4 Å². The van der Waals surface area contributed by atoms with Gasteiger partial charge in [-0.2, -0.15) is 9.40 Å². The molecule has 1 aromatic heterocycles. The number of para-hydroxylation sites is 1. The van der Waals surface area contributed by atoms with E-state index in [0.717, 1.165) is 28.3 Å². The van der Waals surface area contributed by atoms with E-state index in [9.17, 15) is 8.42 Å². The molecule has 0 unspecified atom stereocenters. The number of hydrogen-bond donors (Lipinski definition) is 0. The summed E-state index contributed by atoms with van der Waals surface area (Å²) in [6.07, 6.45) is 0. The van der Waals surface area contributed by atoms with E-state index in [1.54, 1.807) is 16.4 Å². The first-order valence-corrected chi connectivity index (χ1v) is 11.3. The molecule has 0 bridgehead atoms. The van der Waals surface area contributed by atoms with Crippen molar-refractivity contribution in [2.45, 2.75) is 25.7 Å². The van der Waals surface area contributed by atoms with E-state index < -0.39 is 10.0 Å². The van der Waals surface area contributed by atoms with E-state index in [1.165, 1.54) is 0 Å². The van der Waals surface area contributed by atoms with E-state index >= 15 is 0 Å². The highest BCUT2D eigenvalue weighted by molar-refractivity contribution is 7.89. The van der Waals surface area contributed by atoms with Gasteiger partial charge in [-0.15, -0.1) is 0 Å². The highest BCUT2D eigenvalue weighted by Crippen LogP contribution is 2.28. The lowest BCUT2D eigenvalue weighted by Crippen LogP contribution is -2.49. The minimum Gasteiger partial charge on any atom is -0.366 e. The Morgan fingerprint density at radius 3 is 2.07 bits per heavy atom. The molecule has 1 aliphatic heterocycles. The standard InChI is InChI=1S/C22H26N4O2S/c1-17-9-11-21(12-10-17)29(27,28)25-15-13-24(14-16-25)22-18(2)23-26(19(22)3)20-7-5-4-6-8-20/h4-12H,13-16H2,1-3H3. The molecule has 1 fully saturated rings. The van der Waals surface area contributed by atoms with Gasteiger partial charge in [-0.25, -0.2) is 13.1 Å². The van der Waals surface area contributed by atoms with Crippen molar-refractivity contribution in [2.24, 2.45) is 0 Å². The Kier molecular flexibility index (Phi) is 5.19. The molecule has 152 valence electrons. The van der Waals surface area contributed by atoms with Crippen LogP contribution in [0.15, 0.2) is 59.5 Å². The predicted molar refractivity (Wildman–Crippen MR) is 115 cm³/mol. The first kappa shape index (κ1) is 19.7. The molecular weight excluding hydrogens is 384 g/mol. The van der Waals surface area contributed by atoms with Gasteiger partial charge in [0.1, 0.15) is 0 Å². The van der Waals surface area contributed by atoms with Crippen molar-refractivity contribution in [1.29, 1.82) is 0 Å². The maximum absolute atomic E-state index is 13.0. The SMILES string of the molecule is Cc1ccc(S(=O)(=O)N2CCN(c3c(C)nn(-c4ccccc4)c3C)CC2)cc1. The zero-order valence-electron chi connectivity index (χ0n) is 17.0. The van der Waals surface area contributed by atoms with E-state index in [2.05, 4.69) is 11.8 Å². The fourth-order valence-electron chi connectivity index (χ4n) is 3.92. The summed E-state index contributed by atoms with van der Waals surface area (Å²) in [6, 6.07) is 17.1. The number of benzene rings is 2. The summed E-state index contributed by atoms with van der Waals surface area (Å²) in [5.74, 6) is 0. The van der Waals surface area contributed by atoms with Crippen molar-refractivity contribution in [1.82, 2.24) is 14.1 Å². The second-order valence-electron chi connectivity index (χ2n) is 7.47. The molecule has 0 atom stereocenters. The van der Waals surface area contributed by atoms with Crippen LogP contribution < -0.4 is 4.90 Å². The van der Waals surface area contributed by atoms with Gasteiger partial charge < -0.3 is 4.90 Å². The zero-order valence-corrected chi connectivity index (χ0v) is 17.9. The van der Waals surface area contributed by atoms with Crippen LogP contribution in [0.25, 0.3) is 5.69 Å². The average Bonchev–Trinajstić information content (AvgIpc) is 3.03. The molecule has 4 rings (SSSR count). The first-order chi connectivity index (χ1) is 13.9. The van der Waals surface area contributed by atoms with Crippen LogP contribution in [0.1, 0.15) is 17.0 Å². The average molecular weight is 411 g/mol. The van der Waals surface area contributed by atoms with Crippen LogP contribution in [-0.4, -0.2) is 48.7 Å². The second-order valence-corrected chi connectivity index (χ2v) is 9.41. The van der Waals surface area contributed by atoms with Crippen molar-refractivity contribution in [3.05, 3.63) is 71.5 Å². The summed E-state index contributed by atoms with van der Waals surface area (Å²) in [5.41, 5.74) is 5.21. The van der Waals surface area contributed by atoms with Crippen LogP contribution in [0.5, 0.6) is 0 Å². The molecule has 29 heavy (non-hydrogen) atoms. The van der Waals surface area contributed by atoms with Crippen molar-refractivity contribution in [3.8, 4) is 5.69 Å². The van der Waals surface area contributed by atoms with Crippen LogP contribution in [0, 0.1) is 20.8 Å². The largest absolute Gasteiger partial charge is 0.366 e. The second kappa shape index (κ2) is 7.65. The predicted octanol–water partition coefficient (Wildman–Crippen LogP) is 3.31. The molecule has 1 saturated heterocycles. The van der Waals surface area contributed by atoms with Crippen molar-refractivity contribution in [3.63, 3.8) is 0 Å². The zero-order chi connectivity index (χ0) is 20.6. The first-order valence-electron chi connectivity index (χ1n) is 9.81. The van der Waals surface area contributed by atoms with Gasteiger partial charge >= 0.3 is 0 Å². The summed E-state index contributed by atoms with van der Waals surface area (Å²) in [5, 5.41) is 4.72. The molecule has 3 aromatic rings. The maximum Gasteiger partial charge on any atom is 0.243 e. The molecule has 0 saturated carbocycles. The molecule has 0 N–H and O–H groups in total. The van der Waals surface area contributed by atoms with Crippen LogP contribution in [0.3, 0.4) is 0 Å². The fraction of sp³-hybridized carbons (Fsp3) is 0.318. The number of aryl methyl sites for hydroxylation is 2. The third-order valence-corrected chi connectivity index (χ3v) is 7.38. The summed E-state index contributed by atoms with van der Waals surface area (Å²) in [7, 11) is -3.46. The van der Waals surface area contributed by atoms with Crippen molar-refractivity contribution >= 4 is 15.7 Å². The Balaban J connectivity index is 1.53. The van der Waals surface area contributed by atoms with Gasteiger partial charge in [0.15, 0.2) is 0 Å². The van der Waals surface area contributed by atoms with Gasteiger partial charge in [0.05, 0.1) is 27.7 Å². The smallest absolute Gasteiger partial charge is 0.243 e. The van der Waals surface area contributed by atoms with E-state index in [-0.39, 0.29) is 0 Å². The Morgan fingerprint density at radius 2 is 1.45 bits per heavy atom. The van der Waals surface area contributed by atoms with Gasteiger partial charge in [0.25, 0.3) is 0 Å². The van der Waals surface area contributed by atoms with Gasteiger partial charge in [-0.1, -0.05) is 35.9 Å². The number of rotatable bonds is 4. The van der Waals surface area contributed by atoms with E-state index in [4.69, 9.17) is 5.10 Å². The Morgan fingerprint density at radius 1 is 0.828 bits per heavy atom. The van der Waals surface area contributed by atoms with Crippen molar-refractivity contribution in [2.75, 3.05) is 31.1 Å². The van der Waals surface area contributed by atoms with Crippen LogP contribution in [-0.2, 0) is 10.0 Å². The van der Waals surface area contributed by atoms with E-state index in [0.29, 0.717) is 31.1 Å². The van der Waals surface area contributed by atoms with Gasteiger partial charge in [-0.3, -0.25) is 0 Å². The molecule has 0 aliphatic carbocycles. The summed E-state index contributed by atoms with van der Waals surface area (Å²) in [4.78, 5) is 2.61. The number of hydrogen-bond acceptors (Lipinski definition) is 4. The van der Waals surface area contributed by atoms with Gasteiger partial charge in [0, 0.05) is 26.2 Å². The molecule has 0 spiro atoms. The molecule has 1 aliphatic rings. The normalized spacial score (nSPS) is 15.6. The third kappa shape index (κ3) is 3.68. The Bertz CT molecular complexity index is 1100. The molecule has 2 heterocycles. The highest BCUT2D eigenvalue weighted by Gasteiger charge is 2.30. The molecule has 6 nitrogen and oxygen atoms in total. The van der Waals surface area contributed by atoms with Gasteiger partial charge in [0.2, 0.25) is 10.0 Å². The minimum atomic E-state index is -3.46. The lowest BCUT2D eigenvalue weighted by atomic mass is 10.2. The summed E-state index contributed by atoms with van der Waals surface area (Å²) >= 11 is 0. The van der Waals surface area contributed by atoms with Crippen LogP contribution in [0.2, 0.25) is 0 Å². The van der Waals surface area contributed by atoms with Gasteiger partial charge in [-0.05, 0) is 45.0 Å². The van der Waals surface area contributed by atoms with Crippen LogP contribution >= 0.6 is 0 Å². The monoisotopic (exact) mass is 410 g/mol. The molecule has 2 aromatic carbocycles. The van der Waals surface area contributed by atoms with Crippen molar-refractivity contribution < 1.29 is 8.42 Å². The Labute approximate surface area is 172 Å². The lowest BCUT2D eigenvalue weighted by molar-refractivity contribution is 0.384.